The fraction of sp³-hybridized carbons (Fsp3) is 0.733. The Morgan fingerprint density at radius 1 is 1.57 bits per heavy atom. The molecule has 21 heavy (non-hydrogen) atoms. The number of carbonyl (C=O) groups excluding carboxylic acids is 1. The summed E-state index contributed by atoms with van der Waals surface area (Å²) in [6.07, 6.45) is 2.58. The van der Waals surface area contributed by atoms with Crippen molar-refractivity contribution in [1.82, 2.24) is 4.98 Å². The quantitative estimate of drug-likeness (QED) is 0.847. The largest absolute Gasteiger partial charge is 0.464 e. The van der Waals surface area contributed by atoms with Crippen LogP contribution < -0.4 is 5.32 Å². The third-order valence-corrected chi connectivity index (χ3v) is 4.77. The van der Waals surface area contributed by atoms with Gasteiger partial charge in [0.15, 0.2) is 10.8 Å². The summed E-state index contributed by atoms with van der Waals surface area (Å²) in [6.45, 7) is 7.98. The van der Waals surface area contributed by atoms with E-state index in [1.807, 2.05) is 6.92 Å². The van der Waals surface area contributed by atoms with Crippen LogP contribution in [0.1, 0.15) is 42.1 Å². The van der Waals surface area contributed by atoms with E-state index in [0.29, 0.717) is 23.6 Å². The lowest BCUT2D eigenvalue weighted by Crippen LogP contribution is -2.37. The summed E-state index contributed by atoms with van der Waals surface area (Å²) in [5.74, 6) is 0.628. The van der Waals surface area contributed by atoms with E-state index in [4.69, 9.17) is 9.47 Å². The van der Waals surface area contributed by atoms with Crippen LogP contribution >= 0.6 is 11.3 Å². The summed E-state index contributed by atoms with van der Waals surface area (Å²) in [6, 6.07) is 0. The molecule has 0 spiro atoms. The second-order valence-electron chi connectivity index (χ2n) is 5.78. The number of aromatic nitrogens is 1. The van der Waals surface area contributed by atoms with Gasteiger partial charge in [-0.2, -0.15) is 0 Å². The molecular formula is C15H24N2O3S. The topological polar surface area (TPSA) is 60.5 Å². The zero-order chi connectivity index (χ0) is 15.4. The maximum absolute atomic E-state index is 11.6. The molecule has 5 nitrogen and oxygen atoms in total. The molecule has 2 heterocycles. The van der Waals surface area contributed by atoms with Crippen LogP contribution in [0.5, 0.6) is 0 Å². The number of methoxy groups -OCH3 is 1. The number of carbonyl (C=O) groups is 1. The van der Waals surface area contributed by atoms with Crippen molar-refractivity contribution in [2.24, 2.45) is 11.8 Å². The van der Waals surface area contributed by atoms with Gasteiger partial charge >= 0.3 is 5.97 Å². The molecule has 1 aromatic heterocycles. The maximum atomic E-state index is 11.6. The van der Waals surface area contributed by atoms with E-state index < -0.39 is 0 Å². The number of ether oxygens (including phenoxy) is 2. The minimum Gasteiger partial charge on any atom is -0.464 e. The molecule has 1 fully saturated rings. The third kappa shape index (κ3) is 3.95. The van der Waals surface area contributed by atoms with Gasteiger partial charge in [-0.1, -0.05) is 13.8 Å². The summed E-state index contributed by atoms with van der Waals surface area (Å²) in [4.78, 5) is 16.8. The number of nitrogens with zero attached hydrogens (tertiary/aromatic N) is 1. The first kappa shape index (κ1) is 16.2. The van der Waals surface area contributed by atoms with Crippen LogP contribution in [0.3, 0.4) is 0 Å². The number of hydrogen-bond donors (Lipinski definition) is 1. The van der Waals surface area contributed by atoms with Gasteiger partial charge in [0.2, 0.25) is 0 Å². The smallest absolute Gasteiger partial charge is 0.357 e. The Balaban J connectivity index is 1.97. The van der Waals surface area contributed by atoms with E-state index in [0.717, 1.165) is 29.6 Å². The molecule has 0 aromatic carbocycles. The van der Waals surface area contributed by atoms with Crippen LogP contribution in [0.15, 0.2) is 0 Å². The van der Waals surface area contributed by atoms with E-state index in [2.05, 4.69) is 24.1 Å². The van der Waals surface area contributed by atoms with Gasteiger partial charge in [0, 0.05) is 23.9 Å². The number of aryl methyl sites for hydroxylation is 1. The number of rotatable bonds is 5. The van der Waals surface area contributed by atoms with Gasteiger partial charge in [-0.15, -0.1) is 11.3 Å². The van der Waals surface area contributed by atoms with Gasteiger partial charge < -0.3 is 14.8 Å². The first-order valence-corrected chi connectivity index (χ1v) is 8.25. The van der Waals surface area contributed by atoms with Crippen molar-refractivity contribution >= 4 is 22.4 Å². The molecule has 1 aromatic rings. The highest BCUT2D eigenvalue weighted by atomic mass is 32.1. The maximum Gasteiger partial charge on any atom is 0.357 e. The molecule has 1 saturated heterocycles. The van der Waals surface area contributed by atoms with Crippen LogP contribution in [0.4, 0.5) is 5.13 Å². The summed E-state index contributed by atoms with van der Waals surface area (Å²) in [5.41, 5.74) is 0.408. The van der Waals surface area contributed by atoms with Crippen molar-refractivity contribution < 1.29 is 14.3 Å². The van der Waals surface area contributed by atoms with Gasteiger partial charge in [0.1, 0.15) is 0 Å². The first-order chi connectivity index (χ1) is 10.0. The van der Waals surface area contributed by atoms with E-state index >= 15 is 0 Å². The van der Waals surface area contributed by atoms with Crippen molar-refractivity contribution in [1.29, 1.82) is 0 Å². The van der Waals surface area contributed by atoms with Crippen LogP contribution in [-0.2, 0) is 9.47 Å². The standard InChI is InChI=1S/C15H24N2O3S/c1-9(2)13-11(6-5-7-20-13)8-16-15-17-12(10(3)21-15)14(18)19-4/h9,11,13H,5-8H2,1-4H3,(H,16,17)/t11-,13-/m1/s1. The number of esters is 1. The van der Waals surface area contributed by atoms with Gasteiger partial charge in [0.05, 0.1) is 13.2 Å². The van der Waals surface area contributed by atoms with Crippen LogP contribution in [0.25, 0.3) is 0 Å². The van der Waals surface area contributed by atoms with E-state index in [1.54, 1.807) is 0 Å². The summed E-state index contributed by atoms with van der Waals surface area (Å²) >= 11 is 1.49. The number of nitrogens with one attached hydrogen (secondary N) is 1. The molecule has 1 N–H and O–H groups in total. The summed E-state index contributed by atoms with van der Waals surface area (Å²) < 4.78 is 10.6. The molecule has 0 bridgehead atoms. The Hall–Kier alpha value is -1.14. The highest BCUT2D eigenvalue weighted by Gasteiger charge is 2.28. The zero-order valence-electron chi connectivity index (χ0n) is 13.1. The summed E-state index contributed by atoms with van der Waals surface area (Å²) in [7, 11) is 1.38. The number of hydrogen-bond acceptors (Lipinski definition) is 6. The number of anilines is 1. The minimum atomic E-state index is -0.377. The molecule has 0 radical (unpaired) electrons. The van der Waals surface area contributed by atoms with Gasteiger partial charge in [-0.3, -0.25) is 0 Å². The van der Waals surface area contributed by atoms with Crippen LogP contribution in [0.2, 0.25) is 0 Å². The SMILES string of the molecule is COC(=O)c1nc(NC[C@H]2CCCO[C@@H]2C(C)C)sc1C. The molecule has 2 atom stereocenters. The Kier molecular flexibility index (Phi) is 5.58. The van der Waals surface area contributed by atoms with E-state index in [-0.39, 0.29) is 5.97 Å². The first-order valence-electron chi connectivity index (χ1n) is 7.44. The third-order valence-electron chi connectivity index (χ3n) is 3.84. The zero-order valence-corrected chi connectivity index (χ0v) is 14.0. The minimum absolute atomic E-state index is 0.299. The lowest BCUT2D eigenvalue weighted by atomic mass is 9.87. The van der Waals surface area contributed by atoms with Crippen molar-refractivity contribution in [2.75, 3.05) is 25.6 Å². The predicted octanol–water partition coefficient (Wildman–Crippen LogP) is 3.10. The van der Waals surface area contributed by atoms with Crippen molar-refractivity contribution in [3.05, 3.63) is 10.6 Å². The van der Waals surface area contributed by atoms with E-state index in [1.165, 1.54) is 24.9 Å². The lowest BCUT2D eigenvalue weighted by Gasteiger charge is -2.34. The predicted molar refractivity (Wildman–Crippen MR) is 84.0 cm³/mol. The van der Waals surface area contributed by atoms with Gasteiger partial charge in [-0.25, -0.2) is 9.78 Å². The molecule has 0 aliphatic carbocycles. The fourth-order valence-electron chi connectivity index (χ4n) is 2.80. The highest BCUT2D eigenvalue weighted by molar-refractivity contribution is 7.15. The molecule has 0 amide bonds. The fourth-order valence-corrected chi connectivity index (χ4v) is 3.60. The summed E-state index contributed by atoms with van der Waals surface area (Å²) in [5, 5.41) is 4.14. The monoisotopic (exact) mass is 312 g/mol. The Labute approximate surface area is 130 Å². The normalized spacial score (nSPS) is 22.3. The van der Waals surface area contributed by atoms with Crippen LogP contribution in [0, 0.1) is 18.8 Å². The molecule has 6 heteroatoms. The van der Waals surface area contributed by atoms with Crippen molar-refractivity contribution in [2.45, 2.75) is 39.7 Å². The Bertz CT molecular complexity index is 487. The average Bonchev–Trinajstić information content (AvgIpc) is 2.85. The van der Waals surface area contributed by atoms with E-state index in [9.17, 15) is 4.79 Å². The second kappa shape index (κ2) is 7.22. The van der Waals surface area contributed by atoms with Crippen molar-refractivity contribution in [3.63, 3.8) is 0 Å². The Morgan fingerprint density at radius 2 is 2.33 bits per heavy atom. The second-order valence-corrected chi connectivity index (χ2v) is 6.98. The van der Waals surface area contributed by atoms with Crippen LogP contribution in [-0.4, -0.2) is 37.3 Å². The molecule has 0 unspecified atom stereocenters. The Morgan fingerprint density at radius 3 is 3.00 bits per heavy atom. The molecular weight excluding hydrogens is 288 g/mol. The van der Waals surface area contributed by atoms with Crippen molar-refractivity contribution in [3.8, 4) is 0 Å². The van der Waals surface area contributed by atoms with Gasteiger partial charge in [-0.05, 0) is 25.7 Å². The molecule has 1 aliphatic rings. The highest BCUT2D eigenvalue weighted by Crippen LogP contribution is 2.28. The number of thiazole rings is 1. The average molecular weight is 312 g/mol. The molecule has 118 valence electrons. The molecule has 0 saturated carbocycles. The molecule has 2 rings (SSSR count). The molecule has 1 aliphatic heterocycles. The van der Waals surface area contributed by atoms with Gasteiger partial charge in [0.25, 0.3) is 0 Å². The lowest BCUT2D eigenvalue weighted by molar-refractivity contribution is -0.0480.